The molecule has 3 aromatic heterocycles. The third kappa shape index (κ3) is 2.85. The molecule has 3 aromatic rings. The molecule has 0 spiro atoms. The molecule has 1 N–H and O–H groups in total. The van der Waals surface area contributed by atoms with Gasteiger partial charge in [0.2, 0.25) is 4.96 Å². The van der Waals surface area contributed by atoms with Gasteiger partial charge in [0.15, 0.2) is 0 Å². The Morgan fingerprint density at radius 3 is 2.92 bits per heavy atom. The molecule has 2 aliphatic rings. The van der Waals surface area contributed by atoms with Crippen LogP contribution in [0.4, 0.5) is 0 Å². The second kappa shape index (κ2) is 5.97. The Kier molecular flexibility index (Phi) is 3.70. The largest absolute Gasteiger partial charge is 0.387 e. The van der Waals surface area contributed by atoms with Gasteiger partial charge in [-0.2, -0.15) is 14.7 Å². The first-order valence-corrected chi connectivity index (χ1v) is 9.75. The molecule has 1 saturated carbocycles. The summed E-state index contributed by atoms with van der Waals surface area (Å²) in [5.74, 6) is 0.523. The van der Waals surface area contributed by atoms with Crippen molar-refractivity contribution in [1.29, 1.82) is 0 Å². The minimum atomic E-state index is -0.558. The van der Waals surface area contributed by atoms with E-state index in [-0.39, 0.29) is 5.56 Å². The second-order valence-electron chi connectivity index (χ2n) is 7.16. The van der Waals surface area contributed by atoms with Gasteiger partial charge in [-0.15, -0.1) is 0 Å². The first kappa shape index (κ1) is 16.1. The van der Waals surface area contributed by atoms with Crippen LogP contribution in [0.25, 0.3) is 4.96 Å². The zero-order chi connectivity index (χ0) is 17.8. The van der Waals surface area contributed by atoms with Gasteiger partial charge in [0.05, 0.1) is 29.7 Å². The highest BCUT2D eigenvalue weighted by atomic mass is 32.1. The smallest absolute Gasteiger partial charge is 0.275 e. The normalized spacial score (nSPS) is 19.0. The van der Waals surface area contributed by atoms with E-state index in [1.165, 1.54) is 15.9 Å². The molecule has 0 bridgehead atoms. The van der Waals surface area contributed by atoms with Gasteiger partial charge in [-0.1, -0.05) is 11.3 Å². The molecule has 1 aliphatic heterocycles. The third-order valence-corrected chi connectivity index (χ3v) is 6.02. The molecule has 4 heterocycles. The first-order chi connectivity index (χ1) is 12.6. The van der Waals surface area contributed by atoms with Gasteiger partial charge in [-0.3, -0.25) is 14.4 Å². The molecule has 136 valence electrons. The van der Waals surface area contributed by atoms with E-state index in [4.69, 9.17) is 0 Å². The number of hydrogen-bond donors (Lipinski definition) is 1. The van der Waals surface area contributed by atoms with Gasteiger partial charge >= 0.3 is 0 Å². The highest BCUT2D eigenvalue weighted by molar-refractivity contribution is 7.16. The predicted molar refractivity (Wildman–Crippen MR) is 96.1 cm³/mol. The number of aromatic nitrogens is 5. The molecular weight excluding hydrogens is 352 g/mol. The van der Waals surface area contributed by atoms with Crippen molar-refractivity contribution < 1.29 is 5.11 Å². The topological polar surface area (TPSA) is 88.5 Å². The summed E-state index contributed by atoms with van der Waals surface area (Å²) in [5, 5.41) is 19.6. The molecule has 0 amide bonds. The molecule has 8 nitrogen and oxygen atoms in total. The lowest BCUT2D eigenvalue weighted by Crippen LogP contribution is -2.34. The number of aliphatic hydroxyl groups is 1. The Morgan fingerprint density at radius 1 is 1.31 bits per heavy atom. The van der Waals surface area contributed by atoms with Gasteiger partial charge in [0.25, 0.3) is 5.56 Å². The molecular formula is C17H20N6O2S. The average molecular weight is 372 g/mol. The Bertz CT molecular complexity index is 1030. The van der Waals surface area contributed by atoms with Crippen molar-refractivity contribution in [3.05, 3.63) is 44.6 Å². The van der Waals surface area contributed by atoms with Crippen LogP contribution in [0.1, 0.15) is 53.9 Å². The lowest BCUT2D eigenvalue weighted by molar-refractivity contribution is 0.189. The SMILES string of the molecule is C[C@H](O)c1cc2n(n1)CCN(Cc1cc(=O)n3nc(C4CC4)sc3n1)C2. The van der Waals surface area contributed by atoms with E-state index >= 15 is 0 Å². The van der Waals surface area contributed by atoms with Crippen LogP contribution in [0.5, 0.6) is 0 Å². The third-order valence-electron chi connectivity index (χ3n) is 4.95. The van der Waals surface area contributed by atoms with Crippen LogP contribution in [-0.4, -0.2) is 40.9 Å². The van der Waals surface area contributed by atoms with E-state index < -0.39 is 6.10 Å². The molecule has 1 fully saturated rings. The zero-order valence-electron chi connectivity index (χ0n) is 14.5. The van der Waals surface area contributed by atoms with Crippen molar-refractivity contribution in [3.63, 3.8) is 0 Å². The average Bonchev–Trinajstić information content (AvgIpc) is 3.21. The van der Waals surface area contributed by atoms with Crippen LogP contribution in [0.2, 0.25) is 0 Å². The zero-order valence-corrected chi connectivity index (χ0v) is 15.3. The van der Waals surface area contributed by atoms with E-state index in [0.717, 1.165) is 48.9 Å². The van der Waals surface area contributed by atoms with Crippen molar-refractivity contribution >= 4 is 16.3 Å². The molecule has 0 radical (unpaired) electrons. The minimum Gasteiger partial charge on any atom is -0.387 e. The fourth-order valence-corrected chi connectivity index (χ4v) is 4.45. The predicted octanol–water partition coefficient (Wildman–Crippen LogP) is 1.29. The lowest BCUT2D eigenvalue weighted by atomic mass is 10.2. The summed E-state index contributed by atoms with van der Waals surface area (Å²) in [6.07, 6.45) is 1.77. The van der Waals surface area contributed by atoms with Crippen LogP contribution < -0.4 is 5.56 Å². The van der Waals surface area contributed by atoms with Crippen LogP contribution in [0, 0.1) is 0 Å². The number of aliphatic hydroxyl groups excluding tert-OH is 1. The van der Waals surface area contributed by atoms with Crippen LogP contribution in [0.3, 0.4) is 0 Å². The maximum Gasteiger partial charge on any atom is 0.275 e. The summed E-state index contributed by atoms with van der Waals surface area (Å²) in [7, 11) is 0. The summed E-state index contributed by atoms with van der Waals surface area (Å²) >= 11 is 1.53. The standard InChI is InChI=1S/C17H20N6O2S/c1-10(24)14-7-13-9-21(4-5-22(13)19-14)8-12-6-15(25)23-17(18-12)26-16(20-23)11-2-3-11/h6-7,10-11,24H,2-5,8-9H2,1H3/t10-/m0/s1. The fraction of sp³-hybridized carbons (Fsp3) is 0.529. The van der Waals surface area contributed by atoms with E-state index in [2.05, 4.69) is 20.1 Å². The van der Waals surface area contributed by atoms with Crippen molar-refractivity contribution in [2.24, 2.45) is 0 Å². The Labute approximate surface area is 153 Å². The molecule has 0 saturated heterocycles. The highest BCUT2D eigenvalue weighted by Crippen LogP contribution is 2.41. The first-order valence-electron chi connectivity index (χ1n) is 8.93. The molecule has 0 unspecified atom stereocenters. The second-order valence-corrected chi connectivity index (χ2v) is 8.15. The summed E-state index contributed by atoms with van der Waals surface area (Å²) in [5.41, 5.74) is 2.46. The van der Waals surface area contributed by atoms with Gasteiger partial charge in [-0.05, 0) is 25.8 Å². The molecule has 1 atom stereocenters. The van der Waals surface area contributed by atoms with Crippen molar-refractivity contribution in [3.8, 4) is 0 Å². The Balaban J connectivity index is 1.38. The quantitative estimate of drug-likeness (QED) is 0.743. The number of rotatable bonds is 4. The molecule has 26 heavy (non-hydrogen) atoms. The van der Waals surface area contributed by atoms with Crippen molar-refractivity contribution in [2.45, 2.75) is 51.4 Å². The summed E-state index contributed by atoms with van der Waals surface area (Å²) in [4.78, 5) is 20.0. The Hall–Kier alpha value is -2.10. The van der Waals surface area contributed by atoms with Crippen LogP contribution >= 0.6 is 11.3 Å². The van der Waals surface area contributed by atoms with Crippen LogP contribution in [0.15, 0.2) is 16.9 Å². The van der Waals surface area contributed by atoms with Crippen molar-refractivity contribution in [2.75, 3.05) is 6.54 Å². The summed E-state index contributed by atoms with van der Waals surface area (Å²) in [6.45, 7) is 4.69. The van der Waals surface area contributed by atoms with E-state index in [1.807, 2.05) is 10.7 Å². The number of hydrogen-bond acceptors (Lipinski definition) is 7. The monoisotopic (exact) mass is 372 g/mol. The summed E-state index contributed by atoms with van der Waals surface area (Å²) < 4.78 is 3.39. The van der Waals surface area contributed by atoms with Gasteiger partial charge in [0.1, 0.15) is 5.01 Å². The molecule has 5 rings (SSSR count). The Morgan fingerprint density at radius 2 is 2.15 bits per heavy atom. The van der Waals surface area contributed by atoms with Gasteiger partial charge in [-0.25, -0.2) is 4.98 Å². The van der Waals surface area contributed by atoms with E-state index in [0.29, 0.717) is 23.1 Å². The maximum atomic E-state index is 12.4. The number of fused-ring (bicyclic) bond motifs is 2. The fourth-order valence-electron chi connectivity index (χ4n) is 3.36. The molecule has 0 aromatic carbocycles. The van der Waals surface area contributed by atoms with E-state index in [9.17, 15) is 9.90 Å². The maximum absolute atomic E-state index is 12.4. The minimum absolute atomic E-state index is 0.105. The molecule has 1 aliphatic carbocycles. The number of nitrogens with zero attached hydrogens (tertiary/aromatic N) is 6. The highest BCUT2D eigenvalue weighted by Gasteiger charge is 2.28. The van der Waals surface area contributed by atoms with Crippen molar-refractivity contribution in [1.82, 2.24) is 29.3 Å². The molecule has 9 heteroatoms. The van der Waals surface area contributed by atoms with E-state index in [1.54, 1.807) is 13.0 Å². The summed E-state index contributed by atoms with van der Waals surface area (Å²) in [6, 6.07) is 3.55. The lowest BCUT2D eigenvalue weighted by Gasteiger charge is -2.27. The van der Waals surface area contributed by atoms with Gasteiger partial charge < -0.3 is 5.11 Å². The van der Waals surface area contributed by atoms with Gasteiger partial charge in [0, 0.05) is 31.6 Å². The van der Waals surface area contributed by atoms with Crippen LogP contribution in [-0.2, 0) is 19.6 Å².